The predicted octanol–water partition coefficient (Wildman–Crippen LogP) is 3.53. The van der Waals surface area contributed by atoms with Crippen LogP contribution in [0.4, 0.5) is 5.69 Å². The van der Waals surface area contributed by atoms with E-state index in [0.29, 0.717) is 36.1 Å². The lowest BCUT2D eigenvalue weighted by atomic mass is 9.95. The summed E-state index contributed by atoms with van der Waals surface area (Å²) < 4.78 is 10.9. The Morgan fingerprint density at radius 2 is 2.00 bits per heavy atom. The zero-order valence-corrected chi connectivity index (χ0v) is 19.0. The van der Waals surface area contributed by atoms with E-state index in [2.05, 4.69) is 40.4 Å². The molecule has 2 aromatic carbocycles. The molecule has 2 aromatic rings. The molecule has 2 aliphatic heterocycles. The van der Waals surface area contributed by atoms with Crippen LogP contribution in [0.3, 0.4) is 0 Å². The van der Waals surface area contributed by atoms with E-state index in [0.717, 1.165) is 26.1 Å². The van der Waals surface area contributed by atoms with Crippen molar-refractivity contribution in [3.8, 4) is 5.75 Å². The van der Waals surface area contributed by atoms with Gasteiger partial charge in [0.2, 0.25) is 0 Å². The molecule has 6 nitrogen and oxygen atoms in total. The van der Waals surface area contributed by atoms with Crippen molar-refractivity contribution in [2.75, 3.05) is 58.5 Å². The molecule has 0 spiro atoms. The molecule has 7 heteroatoms. The summed E-state index contributed by atoms with van der Waals surface area (Å²) in [5.74, 6) is 0.331. The van der Waals surface area contributed by atoms with Gasteiger partial charge in [0.1, 0.15) is 5.75 Å². The summed E-state index contributed by atoms with van der Waals surface area (Å²) in [7, 11) is 3.70. The fraction of sp³-hybridized carbons (Fsp3) is 0.458. The Kier molecular flexibility index (Phi) is 7.00. The van der Waals surface area contributed by atoms with Crippen LogP contribution in [0.15, 0.2) is 36.4 Å². The SMILES string of the molecule is COc1ccc(Cl)cc1C(=O)NC[C@@H](c1ccc2c(c1)CCCN2C)N1CCOCC1. The van der Waals surface area contributed by atoms with Crippen LogP contribution in [0.1, 0.15) is 33.9 Å². The molecule has 0 aromatic heterocycles. The van der Waals surface area contributed by atoms with E-state index in [-0.39, 0.29) is 11.9 Å². The molecule has 0 bridgehead atoms. The molecule has 166 valence electrons. The number of morpholine rings is 1. The van der Waals surface area contributed by atoms with Crippen molar-refractivity contribution in [1.82, 2.24) is 10.2 Å². The summed E-state index contributed by atoms with van der Waals surface area (Å²) in [5, 5.41) is 3.62. The number of benzene rings is 2. The zero-order chi connectivity index (χ0) is 21.8. The smallest absolute Gasteiger partial charge is 0.255 e. The number of halogens is 1. The van der Waals surface area contributed by atoms with Gasteiger partial charge in [-0.15, -0.1) is 0 Å². The highest BCUT2D eigenvalue weighted by atomic mass is 35.5. The van der Waals surface area contributed by atoms with Gasteiger partial charge in [0.25, 0.3) is 5.91 Å². The van der Waals surface area contributed by atoms with Crippen molar-refractivity contribution in [3.63, 3.8) is 0 Å². The average molecular weight is 444 g/mol. The molecular weight excluding hydrogens is 414 g/mol. The Balaban J connectivity index is 1.56. The third-order valence-corrected chi connectivity index (χ3v) is 6.42. The third kappa shape index (κ3) is 4.97. The molecule has 4 rings (SSSR count). The lowest BCUT2D eigenvalue weighted by Gasteiger charge is -2.36. The summed E-state index contributed by atoms with van der Waals surface area (Å²) in [6.07, 6.45) is 2.26. The molecule has 1 atom stereocenters. The Morgan fingerprint density at radius 3 is 2.77 bits per heavy atom. The van der Waals surface area contributed by atoms with Gasteiger partial charge in [-0.3, -0.25) is 9.69 Å². The van der Waals surface area contributed by atoms with Crippen molar-refractivity contribution in [3.05, 3.63) is 58.1 Å². The monoisotopic (exact) mass is 443 g/mol. The average Bonchev–Trinajstić information content (AvgIpc) is 2.80. The Morgan fingerprint density at radius 1 is 1.19 bits per heavy atom. The minimum absolute atomic E-state index is 0.0792. The van der Waals surface area contributed by atoms with Crippen molar-refractivity contribution in [2.45, 2.75) is 18.9 Å². The van der Waals surface area contributed by atoms with Crippen LogP contribution in [-0.4, -0.2) is 64.4 Å². The summed E-state index contributed by atoms with van der Waals surface area (Å²) >= 11 is 6.12. The van der Waals surface area contributed by atoms with Gasteiger partial charge in [-0.1, -0.05) is 23.7 Å². The van der Waals surface area contributed by atoms with E-state index >= 15 is 0 Å². The fourth-order valence-electron chi connectivity index (χ4n) is 4.50. The number of carbonyl (C=O) groups is 1. The number of hydrogen-bond donors (Lipinski definition) is 1. The summed E-state index contributed by atoms with van der Waals surface area (Å²) in [4.78, 5) is 17.7. The van der Waals surface area contributed by atoms with Crippen LogP contribution in [-0.2, 0) is 11.2 Å². The number of ether oxygens (including phenoxy) is 2. The van der Waals surface area contributed by atoms with Crippen molar-refractivity contribution < 1.29 is 14.3 Å². The molecule has 1 fully saturated rings. The van der Waals surface area contributed by atoms with Crippen LogP contribution in [0.25, 0.3) is 0 Å². The molecule has 0 unspecified atom stereocenters. The van der Waals surface area contributed by atoms with Gasteiger partial charge in [-0.05, 0) is 48.2 Å². The molecular formula is C24H30ClN3O3. The van der Waals surface area contributed by atoms with E-state index < -0.39 is 0 Å². The topological polar surface area (TPSA) is 54.0 Å². The quantitative estimate of drug-likeness (QED) is 0.740. The number of nitrogens with zero attached hydrogens (tertiary/aromatic N) is 2. The van der Waals surface area contributed by atoms with Gasteiger partial charge in [-0.25, -0.2) is 0 Å². The predicted molar refractivity (Wildman–Crippen MR) is 124 cm³/mol. The first-order valence-electron chi connectivity index (χ1n) is 10.8. The maximum atomic E-state index is 13.0. The van der Waals surface area contributed by atoms with Gasteiger partial charge in [0, 0.05) is 43.9 Å². The number of carbonyl (C=O) groups excluding carboxylic acids is 1. The fourth-order valence-corrected chi connectivity index (χ4v) is 4.67. The maximum absolute atomic E-state index is 13.0. The van der Waals surface area contributed by atoms with Crippen LogP contribution in [0.5, 0.6) is 5.75 Å². The summed E-state index contributed by atoms with van der Waals surface area (Å²) in [5.41, 5.74) is 4.37. The molecule has 1 amide bonds. The van der Waals surface area contributed by atoms with Crippen molar-refractivity contribution in [2.24, 2.45) is 0 Å². The lowest BCUT2D eigenvalue weighted by Crippen LogP contribution is -2.44. The Bertz CT molecular complexity index is 930. The minimum atomic E-state index is -0.185. The summed E-state index contributed by atoms with van der Waals surface area (Å²) in [6, 6.07) is 11.9. The Hall–Kier alpha value is -2.28. The second kappa shape index (κ2) is 9.90. The number of rotatable bonds is 6. The highest BCUT2D eigenvalue weighted by molar-refractivity contribution is 6.31. The number of amides is 1. The number of aryl methyl sites for hydroxylation is 1. The standard InChI is InChI=1S/C24H30ClN3O3/c1-27-9-3-4-17-14-18(5-7-21(17)27)22(28-10-12-31-13-11-28)16-26-24(29)20-15-19(25)6-8-23(20)30-2/h5-8,14-15,22H,3-4,9-13,16H2,1-2H3,(H,26,29)/t22-/m0/s1. The van der Waals surface area contributed by atoms with E-state index in [1.165, 1.54) is 23.2 Å². The van der Waals surface area contributed by atoms with Gasteiger partial charge in [0.15, 0.2) is 0 Å². The number of fused-ring (bicyclic) bond motifs is 1. The van der Waals surface area contributed by atoms with Crippen LogP contribution >= 0.6 is 11.6 Å². The highest BCUT2D eigenvalue weighted by Crippen LogP contribution is 2.31. The molecule has 0 radical (unpaired) electrons. The molecule has 2 heterocycles. The first-order valence-corrected chi connectivity index (χ1v) is 11.2. The largest absolute Gasteiger partial charge is 0.496 e. The Labute approximate surface area is 189 Å². The van der Waals surface area contributed by atoms with E-state index in [1.54, 1.807) is 25.3 Å². The van der Waals surface area contributed by atoms with Gasteiger partial charge < -0.3 is 19.7 Å². The number of anilines is 1. The number of methoxy groups -OCH3 is 1. The normalized spacial score (nSPS) is 17.7. The minimum Gasteiger partial charge on any atom is -0.496 e. The van der Waals surface area contributed by atoms with Gasteiger partial charge in [0.05, 0.1) is 31.9 Å². The summed E-state index contributed by atoms with van der Waals surface area (Å²) in [6.45, 7) is 4.70. The van der Waals surface area contributed by atoms with Crippen molar-refractivity contribution in [1.29, 1.82) is 0 Å². The third-order valence-electron chi connectivity index (χ3n) is 6.19. The van der Waals surface area contributed by atoms with Crippen LogP contribution < -0.4 is 15.0 Å². The number of hydrogen-bond acceptors (Lipinski definition) is 5. The molecule has 1 saturated heterocycles. The lowest BCUT2D eigenvalue weighted by molar-refractivity contribution is 0.0162. The second-order valence-electron chi connectivity index (χ2n) is 8.13. The van der Waals surface area contributed by atoms with E-state index in [1.807, 2.05) is 0 Å². The van der Waals surface area contributed by atoms with Crippen molar-refractivity contribution >= 4 is 23.2 Å². The molecule has 1 N–H and O–H groups in total. The van der Waals surface area contributed by atoms with Gasteiger partial charge >= 0.3 is 0 Å². The van der Waals surface area contributed by atoms with Gasteiger partial charge in [-0.2, -0.15) is 0 Å². The number of nitrogens with one attached hydrogen (secondary N) is 1. The first-order chi connectivity index (χ1) is 15.1. The van der Waals surface area contributed by atoms with Crippen LogP contribution in [0, 0.1) is 0 Å². The molecule has 0 saturated carbocycles. The first kappa shape index (κ1) is 21.9. The van der Waals surface area contributed by atoms with Crippen LogP contribution in [0.2, 0.25) is 5.02 Å². The second-order valence-corrected chi connectivity index (χ2v) is 8.57. The highest BCUT2D eigenvalue weighted by Gasteiger charge is 2.25. The zero-order valence-electron chi connectivity index (χ0n) is 18.2. The molecule has 0 aliphatic carbocycles. The molecule has 2 aliphatic rings. The van der Waals surface area contributed by atoms with E-state index in [9.17, 15) is 4.79 Å². The van der Waals surface area contributed by atoms with E-state index in [4.69, 9.17) is 21.1 Å². The molecule has 31 heavy (non-hydrogen) atoms. The maximum Gasteiger partial charge on any atom is 0.255 e.